The molecule has 2 amide bonds. The number of rotatable bonds is 6. The van der Waals surface area contributed by atoms with Crippen LogP contribution in [0.25, 0.3) is 5.69 Å². The van der Waals surface area contributed by atoms with Crippen LogP contribution in [0.3, 0.4) is 0 Å². The van der Waals surface area contributed by atoms with Gasteiger partial charge in [-0.25, -0.2) is 14.9 Å². The van der Waals surface area contributed by atoms with E-state index >= 15 is 0 Å². The minimum atomic E-state index is -1.07. The quantitative estimate of drug-likeness (QED) is 0.131. The van der Waals surface area contributed by atoms with Crippen molar-refractivity contribution < 1.29 is 19.1 Å². The van der Waals surface area contributed by atoms with Crippen molar-refractivity contribution in [2.24, 2.45) is 12.1 Å². The van der Waals surface area contributed by atoms with Crippen LogP contribution in [-0.4, -0.2) is 32.9 Å². The summed E-state index contributed by atoms with van der Waals surface area (Å²) in [5.41, 5.74) is 4.72. The van der Waals surface area contributed by atoms with Gasteiger partial charge in [0.05, 0.1) is 22.7 Å². The Balaban J connectivity index is 1.48. The number of anilines is 1. The van der Waals surface area contributed by atoms with Gasteiger partial charge in [0.1, 0.15) is 11.4 Å². The second-order valence-electron chi connectivity index (χ2n) is 8.73. The van der Waals surface area contributed by atoms with Gasteiger partial charge in [0.15, 0.2) is 0 Å². The minimum Gasteiger partial charge on any atom is -0.422 e. The van der Waals surface area contributed by atoms with Gasteiger partial charge < -0.3 is 10.1 Å². The fourth-order valence-corrected chi connectivity index (χ4v) is 3.94. The van der Waals surface area contributed by atoms with Crippen molar-refractivity contribution in [1.29, 1.82) is 0 Å². The SMILES string of the molecule is C/C(=N\NC(=O)C(=O)Nc1c(C)n(C)n(-c2ccccc2)c1=O)c1ccccc1OC(=O)c1ccccc1C. The standard InChI is InChI=1S/C29H27N5O5/c1-18-12-8-9-15-22(18)29(38)39-24-17-11-10-16-23(24)19(2)31-32-27(36)26(35)30-25-20(3)33(4)34(28(25)37)21-13-6-5-7-14-21/h5-17H,1-4H3,(H,30,35)(H,32,36)/b31-19+. The van der Waals surface area contributed by atoms with E-state index in [1.807, 2.05) is 25.1 Å². The highest BCUT2D eigenvalue weighted by atomic mass is 16.5. The molecule has 2 N–H and O–H groups in total. The van der Waals surface area contributed by atoms with Gasteiger partial charge in [0.2, 0.25) is 0 Å². The third-order valence-electron chi connectivity index (χ3n) is 6.17. The summed E-state index contributed by atoms with van der Waals surface area (Å²) in [5, 5.41) is 6.40. The van der Waals surface area contributed by atoms with Crippen LogP contribution >= 0.6 is 0 Å². The fourth-order valence-electron chi connectivity index (χ4n) is 3.94. The zero-order chi connectivity index (χ0) is 28.1. The number of nitrogens with zero attached hydrogens (tertiary/aromatic N) is 3. The monoisotopic (exact) mass is 525 g/mol. The Morgan fingerprint density at radius 1 is 0.821 bits per heavy atom. The lowest BCUT2D eigenvalue weighted by molar-refractivity contribution is -0.136. The molecule has 10 heteroatoms. The van der Waals surface area contributed by atoms with Crippen LogP contribution in [-0.2, 0) is 16.6 Å². The maximum Gasteiger partial charge on any atom is 0.343 e. The predicted octanol–water partition coefficient (Wildman–Crippen LogP) is 3.49. The number of aromatic nitrogens is 2. The van der Waals surface area contributed by atoms with Crippen LogP contribution in [0, 0.1) is 13.8 Å². The molecule has 3 aromatic carbocycles. The number of nitrogens with one attached hydrogen (secondary N) is 2. The lowest BCUT2D eigenvalue weighted by Gasteiger charge is -2.11. The molecule has 0 saturated carbocycles. The van der Waals surface area contributed by atoms with E-state index in [-0.39, 0.29) is 11.4 Å². The summed E-state index contributed by atoms with van der Waals surface area (Å²) in [6.07, 6.45) is 0. The fraction of sp³-hybridized carbons (Fsp3) is 0.138. The summed E-state index contributed by atoms with van der Waals surface area (Å²) in [7, 11) is 1.68. The third-order valence-corrected chi connectivity index (χ3v) is 6.17. The highest BCUT2D eigenvalue weighted by Gasteiger charge is 2.22. The number of amides is 2. The largest absolute Gasteiger partial charge is 0.422 e. The maximum absolute atomic E-state index is 13.0. The topological polar surface area (TPSA) is 124 Å². The van der Waals surface area contributed by atoms with Crippen molar-refractivity contribution in [3.63, 3.8) is 0 Å². The molecule has 198 valence electrons. The molecule has 1 aromatic heterocycles. The van der Waals surface area contributed by atoms with Crippen LogP contribution < -0.4 is 21.0 Å². The predicted molar refractivity (Wildman–Crippen MR) is 147 cm³/mol. The molecule has 0 aliphatic rings. The summed E-state index contributed by atoms with van der Waals surface area (Å²) in [6.45, 7) is 5.06. The van der Waals surface area contributed by atoms with Crippen molar-refractivity contribution in [1.82, 2.24) is 14.8 Å². The normalized spacial score (nSPS) is 11.1. The zero-order valence-electron chi connectivity index (χ0n) is 21.9. The maximum atomic E-state index is 13.0. The Bertz CT molecular complexity index is 1650. The summed E-state index contributed by atoms with van der Waals surface area (Å²) in [6, 6.07) is 22.7. The highest BCUT2D eigenvalue weighted by molar-refractivity contribution is 6.39. The molecule has 0 saturated heterocycles. The molecule has 39 heavy (non-hydrogen) atoms. The van der Waals surface area contributed by atoms with Crippen LogP contribution in [0.15, 0.2) is 88.8 Å². The van der Waals surface area contributed by atoms with E-state index in [0.717, 1.165) is 5.56 Å². The van der Waals surface area contributed by atoms with E-state index in [0.29, 0.717) is 28.2 Å². The molecule has 0 aliphatic carbocycles. The number of para-hydroxylation sites is 2. The molecule has 0 spiro atoms. The van der Waals surface area contributed by atoms with E-state index in [1.165, 1.54) is 4.68 Å². The van der Waals surface area contributed by atoms with E-state index in [4.69, 9.17) is 4.74 Å². The number of carbonyl (C=O) groups excluding carboxylic acids is 3. The minimum absolute atomic E-state index is 0.0179. The van der Waals surface area contributed by atoms with Gasteiger partial charge >= 0.3 is 17.8 Å². The highest BCUT2D eigenvalue weighted by Crippen LogP contribution is 2.21. The van der Waals surface area contributed by atoms with Crippen LogP contribution in [0.4, 0.5) is 5.69 Å². The average molecular weight is 526 g/mol. The number of ether oxygens (including phenoxy) is 1. The Hall–Kier alpha value is -5.25. The van der Waals surface area contributed by atoms with E-state index in [2.05, 4.69) is 15.8 Å². The van der Waals surface area contributed by atoms with Gasteiger partial charge in [-0.1, -0.05) is 48.5 Å². The van der Waals surface area contributed by atoms with Gasteiger partial charge in [-0.15, -0.1) is 0 Å². The summed E-state index contributed by atoms with van der Waals surface area (Å²) < 4.78 is 8.57. The summed E-state index contributed by atoms with van der Waals surface area (Å²) in [4.78, 5) is 50.8. The first kappa shape index (κ1) is 26.8. The molecule has 4 rings (SSSR count). The van der Waals surface area contributed by atoms with E-state index in [1.54, 1.807) is 86.2 Å². The van der Waals surface area contributed by atoms with E-state index < -0.39 is 23.3 Å². The molecule has 0 atom stereocenters. The number of aryl methyl sites for hydroxylation is 1. The van der Waals surface area contributed by atoms with Crippen LogP contribution in [0.5, 0.6) is 5.75 Å². The molecule has 0 bridgehead atoms. The average Bonchev–Trinajstić information content (AvgIpc) is 3.15. The molecular formula is C29H27N5O5. The lowest BCUT2D eigenvalue weighted by atomic mass is 10.1. The van der Waals surface area contributed by atoms with Crippen molar-refractivity contribution in [2.75, 3.05) is 5.32 Å². The van der Waals surface area contributed by atoms with E-state index in [9.17, 15) is 19.2 Å². The molecule has 1 heterocycles. The van der Waals surface area contributed by atoms with Gasteiger partial charge in [0.25, 0.3) is 5.56 Å². The number of hydrogen-bond donors (Lipinski definition) is 2. The van der Waals surface area contributed by atoms with Crippen LogP contribution in [0.1, 0.15) is 34.1 Å². The van der Waals surface area contributed by atoms with Crippen molar-refractivity contribution in [2.45, 2.75) is 20.8 Å². The first-order valence-corrected chi connectivity index (χ1v) is 12.1. The van der Waals surface area contributed by atoms with Crippen molar-refractivity contribution in [3.8, 4) is 11.4 Å². The number of carbonyl (C=O) groups is 3. The van der Waals surface area contributed by atoms with Gasteiger partial charge in [-0.3, -0.25) is 19.1 Å². The Kier molecular flexibility index (Phi) is 7.85. The zero-order valence-corrected chi connectivity index (χ0v) is 21.9. The van der Waals surface area contributed by atoms with Gasteiger partial charge in [0, 0.05) is 12.6 Å². The first-order chi connectivity index (χ1) is 18.7. The number of hydrazone groups is 1. The number of hydrogen-bond acceptors (Lipinski definition) is 6. The second-order valence-corrected chi connectivity index (χ2v) is 8.73. The van der Waals surface area contributed by atoms with Crippen molar-refractivity contribution >= 4 is 29.2 Å². The van der Waals surface area contributed by atoms with Crippen LogP contribution in [0.2, 0.25) is 0 Å². The van der Waals surface area contributed by atoms with Gasteiger partial charge in [-0.05, 0) is 56.7 Å². The smallest absolute Gasteiger partial charge is 0.343 e. The summed E-state index contributed by atoms with van der Waals surface area (Å²) in [5.74, 6) is -2.42. The number of esters is 1. The Labute approximate surface area is 224 Å². The molecule has 0 radical (unpaired) electrons. The molecule has 10 nitrogen and oxygen atoms in total. The van der Waals surface area contributed by atoms with Gasteiger partial charge in [-0.2, -0.15) is 5.10 Å². The lowest BCUT2D eigenvalue weighted by Crippen LogP contribution is -2.34. The molecular weight excluding hydrogens is 498 g/mol. The summed E-state index contributed by atoms with van der Waals surface area (Å²) >= 11 is 0. The Morgan fingerprint density at radius 3 is 2.13 bits per heavy atom. The first-order valence-electron chi connectivity index (χ1n) is 12.1. The second kappa shape index (κ2) is 11.4. The van der Waals surface area contributed by atoms with Crippen molar-refractivity contribution in [3.05, 3.63) is 112 Å². The molecule has 4 aromatic rings. The molecule has 0 aliphatic heterocycles. The Morgan fingerprint density at radius 2 is 1.44 bits per heavy atom. The molecule has 0 fully saturated rings. The molecule has 0 unspecified atom stereocenters. The number of benzene rings is 3. The third kappa shape index (κ3) is 5.69.